The average molecular weight is 606 g/mol. The highest BCUT2D eigenvalue weighted by Crippen LogP contribution is 2.30. The summed E-state index contributed by atoms with van der Waals surface area (Å²) in [6, 6.07) is 16.0. The number of fused-ring (bicyclic) bond motifs is 1. The Morgan fingerprint density at radius 2 is 1.45 bits per heavy atom. The molecule has 0 aliphatic rings. The number of methoxy groups -OCH3 is 1. The Morgan fingerprint density at radius 3 is 2.05 bits per heavy atom. The fraction of sp³-hybridized carbons (Fsp3) is 0.265. The lowest BCUT2D eigenvalue weighted by Gasteiger charge is -2.19. The van der Waals surface area contributed by atoms with Gasteiger partial charge in [-0.05, 0) is 73.0 Å². The van der Waals surface area contributed by atoms with E-state index in [0.29, 0.717) is 22.4 Å². The highest BCUT2D eigenvalue weighted by Gasteiger charge is 2.24. The minimum Gasteiger partial charge on any atom is -0.497 e. The molecule has 0 saturated heterocycles. The molecular formula is C34H37F2N3O5. The van der Waals surface area contributed by atoms with Gasteiger partial charge in [0.25, 0.3) is 11.1 Å². The topological polar surface area (TPSA) is 84.5 Å². The zero-order chi connectivity index (χ0) is 32.7. The van der Waals surface area contributed by atoms with Crippen molar-refractivity contribution in [1.29, 1.82) is 0 Å². The summed E-state index contributed by atoms with van der Waals surface area (Å²) in [5.74, 6) is -0.552. The van der Waals surface area contributed by atoms with Gasteiger partial charge in [-0.2, -0.15) is 0 Å². The van der Waals surface area contributed by atoms with Crippen LogP contribution in [0.1, 0.15) is 44.4 Å². The Hall–Kier alpha value is -4.99. The van der Waals surface area contributed by atoms with Crippen LogP contribution in [0.3, 0.4) is 0 Å². The standard InChI is InChI=1S/C30H25F2N3O5.2C2H6/c1-17-5-11-23(22(32)13-17)35-28-27(29(37)34(30(35)38)16-19-6-9-21(39-4)10-7-19)25(15-26(36)33(28)3)40-24-12-8-20(31)14-18(24)2;2*1-2/h5-15H,16H2,1-4H3;2*1-2H3. The summed E-state index contributed by atoms with van der Waals surface area (Å²) in [5.41, 5.74) is -0.835. The number of aryl methyl sites for hydroxylation is 3. The molecule has 44 heavy (non-hydrogen) atoms. The Morgan fingerprint density at radius 1 is 0.795 bits per heavy atom. The molecule has 8 nitrogen and oxygen atoms in total. The van der Waals surface area contributed by atoms with Crippen LogP contribution in [-0.2, 0) is 13.6 Å². The van der Waals surface area contributed by atoms with Crippen molar-refractivity contribution in [1.82, 2.24) is 13.7 Å². The highest BCUT2D eigenvalue weighted by molar-refractivity contribution is 5.83. The van der Waals surface area contributed by atoms with Crippen molar-refractivity contribution in [2.75, 3.05) is 7.11 Å². The van der Waals surface area contributed by atoms with Crippen LogP contribution >= 0.6 is 0 Å². The number of halogens is 2. The number of hydrogen-bond acceptors (Lipinski definition) is 5. The number of rotatable bonds is 6. The molecule has 3 aromatic carbocycles. The summed E-state index contributed by atoms with van der Waals surface area (Å²) < 4.78 is 43.3. The monoisotopic (exact) mass is 605 g/mol. The first-order valence-electron chi connectivity index (χ1n) is 14.3. The number of aromatic nitrogens is 3. The molecule has 0 atom stereocenters. The quantitative estimate of drug-likeness (QED) is 0.217. The van der Waals surface area contributed by atoms with Crippen LogP contribution in [0.25, 0.3) is 16.7 Å². The third-order valence-electron chi connectivity index (χ3n) is 6.67. The molecule has 5 aromatic rings. The van der Waals surface area contributed by atoms with E-state index < -0.39 is 28.4 Å². The molecule has 0 bridgehead atoms. The van der Waals surface area contributed by atoms with Crippen LogP contribution in [0.4, 0.5) is 8.78 Å². The van der Waals surface area contributed by atoms with E-state index in [1.54, 1.807) is 44.2 Å². The summed E-state index contributed by atoms with van der Waals surface area (Å²) in [7, 11) is 2.90. The van der Waals surface area contributed by atoms with Crippen LogP contribution in [-0.4, -0.2) is 20.8 Å². The van der Waals surface area contributed by atoms with E-state index in [-0.39, 0.29) is 34.8 Å². The fourth-order valence-corrected chi connectivity index (χ4v) is 4.55. The van der Waals surface area contributed by atoms with Gasteiger partial charge in [0.1, 0.15) is 39.9 Å². The fourth-order valence-electron chi connectivity index (χ4n) is 4.55. The maximum atomic E-state index is 15.3. The van der Waals surface area contributed by atoms with Crippen molar-refractivity contribution in [3.63, 3.8) is 0 Å². The lowest BCUT2D eigenvalue weighted by Crippen LogP contribution is -2.42. The Balaban J connectivity index is 0.00000127. The predicted molar refractivity (Wildman–Crippen MR) is 170 cm³/mol. The molecule has 0 N–H and O–H groups in total. The average Bonchev–Trinajstić information content (AvgIpc) is 3.02. The van der Waals surface area contributed by atoms with Crippen LogP contribution in [0.5, 0.6) is 17.2 Å². The molecule has 0 unspecified atom stereocenters. The normalized spacial score (nSPS) is 10.4. The van der Waals surface area contributed by atoms with Crippen molar-refractivity contribution in [2.24, 2.45) is 7.05 Å². The van der Waals surface area contributed by atoms with Gasteiger partial charge in [0.2, 0.25) is 0 Å². The van der Waals surface area contributed by atoms with Gasteiger partial charge < -0.3 is 9.47 Å². The molecule has 0 spiro atoms. The second kappa shape index (κ2) is 14.5. The number of hydrogen-bond donors (Lipinski definition) is 0. The van der Waals surface area contributed by atoms with Gasteiger partial charge in [0.15, 0.2) is 0 Å². The van der Waals surface area contributed by atoms with Gasteiger partial charge >= 0.3 is 5.69 Å². The van der Waals surface area contributed by atoms with E-state index >= 15 is 4.39 Å². The van der Waals surface area contributed by atoms with Crippen molar-refractivity contribution in [3.05, 3.63) is 126 Å². The van der Waals surface area contributed by atoms with E-state index in [4.69, 9.17) is 9.47 Å². The number of pyridine rings is 1. The minimum atomic E-state index is -0.846. The van der Waals surface area contributed by atoms with Gasteiger partial charge in [-0.15, -0.1) is 0 Å². The van der Waals surface area contributed by atoms with Crippen LogP contribution < -0.4 is 26.3 Å². The molecule has 0 aliphatic heterocycles. The van der Waals surface area contributed by atoms with E-state index in [2.05, 4.69) is 0 Å². The van der Waals surface area contributed by atoms with Gasteiger partial charge in [-0.1, -0.05) is 45.9 Å². The van der Waals surface area contributed by atoms with Gasteiger partial charge in [-0.3, -0.25) is 18.7 Å². The van der Waals surface area contributed by atoms with Crippen molar-refractivity contribution >= 4 is 11.0 Å². The Kier molecular flexibility index (Phi) is 11.0. The molecule has 0 amide bonds. The van der Waals surface area contributed by atoms with E-state index in [9.17, 15) is 18.8 Å². The first kappa shape index (κ1) is 33.5. The van der Waals surface area contributed by atoms with Crippen molar-refractivity contribution in [2.45, 2.75) is 48.1 Å². The van der Waals surface area contributed by atoms with Gasteiger partial charge in [0.05, 0.1) is 19.3 Å². The van der Waals surface area contributed by atoms with Crippen molar-refractivity contribution < 1.29 is 18.3 Å². The molecule has 0 fully saturated rings. The lowest BCUT2D eigenvalue weighted by molar-refractivity contribution is 0.414. The molecule has 10 heteroatoms. The van der Waals surface area contributed by atoms with E-state index in [1.165, 1.54) is 44.5 Å². The summed E-state index contributed by atoms with van der Waals surface area (Å²) in [4.78, 5) is 41.0. The molecule has 232 valence electrons. The largest absolute Gasteiger partial charge is 0.497 e. The smallest absolute Gasteiger partial charge is 0.337 e. The lowest BCUT2D eigenvalue weighted by atomic mass is 10.2. The second-order valence-electron chi connectivity index (χ2n) is 9.43. The predicted octanol–water partition coefficient (Wildman–Crippen LogP) is 6.65. The maximum Gasteiger partial charge on any atom is 0.337 e. The molecular weight excluding hydrogens is 568 g/mol. The van der Waals surface area contributed by atoms with E-state index in [0.717, 1.165) is 19.8 Å². The van der Waals surface area contributed by atoms with Crippen LogP contribution in [0.15, 0.2) is 81.1 Å². The molecule has 0 saturated carbocycles. The highest BCUT2D eigenvalue weighted by atomic mass is 19.1. The summed E-state index contributed by atoms with van der Waals surface area (Å²) in [6.45, 7) is 11.2. The van der Waals surface area contributed by atoms with Crippen LogP contribution in [0.2, 0.25) is 0 Å². The maximum absolute atomic E-state index is 15.3. The summed E-state index contributed by atoms with van der Waals surface area (Å²) in [5, 5.41) is -0.126. The Labute approximate surface area is 254 Å². The first-order valence-corrected chi connectivity index (χ1v) is 14.3. The van der Waals surface area contributed by atoms with Crippen LogP contribution in [0, 0.1) is 25.5 Å². The third kappa shape index (κ3) is 6.64. The Bertz CT molecular complexity index is 1960. The minimum absolute atomic E-state index is 0.126. The number of benzene rings is 3. The number of ether oxygens (including phenoxy) is 2. The molecule has 0 aliphatic carbocycles. The zero-order valence-corrected chi connectivity index (χ0v) is 26.2. The van der Waals surface area contributed by atoms with E-state index in [1.807, 2.05) is 27.7 Å². The van der Waals surface area contributed by atoms with Crippen molar-refractivity contribution in [3.8, 4) is 22.9 Å². The number of nitrogens with zero attached hydrogens (tertiary/aromatic N) is 3. The molecule has 5 rings (SSSR count). The molecule has 2 heterocycles. The summed E-state index contributed by atoms with van der Waals surface area (Å²) >= 11 is 0. The second-order valence-corrected chi connectivity index (χ2v) is 9.43. The van der Waals surface area contributed by atoms with Gasteiger partial charge in [0, 0.05) is 13.1 Å². The molecule has 0 radical (unpaired) electrons. The zero-order valence-electron chi connectivity index (χ0n) is 26.2. The first-order chi connectivity index (χ1) is 21.1. The SMILES string of the molecule is CC.CC.COc1ccc(Cn2c(=O)c3c(Oc4ccc(F)cc4C)cc(=O)n(C)c3n(-c3ccc(C)cc3F)c2=O)cc1. The third-order valence-corrected chi connectivity index (χ3v) is 6.67. The molecule has 2 aromatic heterocycles. The summed E-state index contributed by atoms with van der Waals surface area (Å²) in [6.07, 6.45) is 0. The van der Waals surface area contributed by atoms with Gasteiger partial charge in [-0.25, -0.2) is 18.1 Å².